The van der Waals surface area contributed by atoms with Crippen molar-refractivity contribution in [3.63, 3.8) is 0 Å². The second-order valence-electron chi connectivity index (χ2n) is 12.2. The molecule has 262 valence electrons. The van der Waals surface area contributed by atoms with Gasteiger partial charge in [-0.3, -0.25) is 14.4 Å². The molecule has 0 saturated carbocycles. The quantitative estimate of drug-likeness (QED) is 0.0513. The van der Waals surface area contributed by atoms with Crippen molar-refractivity contribution >= 4 is 46.5 Å². The van der Waals surface area contributed by atoms with Crippen LogP contribution in [0.25, 0.3) is 0 Å². The van der Waals surface area contributed by atoms with Gasteiger partial charge in [0, 0.05) is 54.6 Å². The summed E-state index contributed by atoms with van der Waals surface area (Å²) in [5.41, 5.74) is 11.4. The number of thioether (sulfide) groups is 1. The molecule has 1 saturated heterocycles. The van der Waals surface area contributed by atoms with Gasteiger partial charge in [-0.2, -0.15) is 0 Å². The van der Waals surface area contributed by atoms with E-state index in [1.165, 1.54) is 6.92 Å². The monoisotopic (exact) mass is 696 g/mol. The number of unbranched alkanes of at least 4 members (excludes halogenated alkanes) is 1. The number of amides is 3. The molecule has 0 bridgehead atoms. The second-order valence-corrected chi connectivity index (χ2v) is 13.3. The number of aliphatic hydroxyl groups excluding tert-OH is 1. The zero-order valence-electron chi connectivity index (χ0n) is 28.1. The van der Waals surface area contributed by atoms with Crippen molar-refractivity contribution < 1.29 is 29.0 Å². The third-order valence-electron chi connectivity index (χ3n) is 8.26. The number of rotatable bonds is 15. The molecule has 50 heavy (non-hydrogen) atoms. The van der Waals surface area contributed by atoms with E-state index in [-0.39, 0.29) is 36.5 Å². The zero-order valence-corrected chi connectivity index (χ0v) is 28.9. The minimum Gasteiger partial charge on any atom is -0.397 e. The van der Waals surface area contributed by atoms with E-state index in [4.69, 9.17) is 15.2 Å². The molecule has 0 aliphatic carbocycles. The van der Waals surface area contributed by atoms with Crippen LogP contribution in [-0.4, -0.2) is 34.7 Å². The number of nitrogen functional groups attached to an aromatic ring is 1. The van der Waals surface area contributed by atoms with Gasteiger partial charge in [-0.15, -0.1) is 11.8 Å². The number of carbonyl (C=O) groups excluding carboxylic acids is 3. The standard InChI is InChI=1S/C39H44N4O6S/c1-26(45)42-31-18-20-33(21-19-31)50-25-32-22-36(29-14-12-28(24-44)13-15-29)49-39(48-32)30-16-10-27(11-17-30)23-41-37(46)8-4-5-9-38(47)43-35-7-3-2-6-34(35)40/h2-3,6-7,10-21,32,36,39,44H,4-5,8-9,22-25,40H2,1H3,(H,41,46)(H,42,45)(H,43,47)/t32-,36+,39+/m1/s1. The first kappa shape index (κ1) is 36.6. The highest BCUT2D eigenvalue weighted by atomic mass is 32.2. The minimum absolute atomic E-state index is 0.0193. The van der Waals surface area contributed by atoms with E-state index in [0.717, 1.165) is 32.8 Å². The predicted octanol–water partition coefficient (Wildman–Crippen LogP) is 6.87. The normalized spacial score (nSPS) is 17.1. The van der Waals surface area contributed by atoms with Gasteiger partial charge in [0.25, 0.3) is 0 Å². The molecule has 3 amide bonds. The second kappa shape index (κ2) is 18.4. The van der Waals surface area contributed by atoms with Gasteiger partial charge in [0.2, 0.25) is 17.7 Å². The van der Waals surface area contributed by atoms with Crippen LogP contribution in [0.5, 0.6) is 0 Å². The molecule has 10 nitrogen and oxygen atoms in total. The van der Waals surface area contributed by atoms with E-state index in [9.17, 15) is 19.5 Å². The van der Waals surface area contributed by atoms with Crippen LogP contribution in [0, 0.1) is 0 Å². The van der Waals surface area contributed by atoms with E-state index in [2.05, 4.69) is 16.0 Å². The lowest BCUT2D eigenvalue weighted by molar-refractivity contribution is -0.245. The van der Waals surface area contributed by atoms with Gasteiger partial charge >= 0.3 is 0 Å². The van der Waals surface area contributed by atoms with E-state index in [1.807, 2.05) is 84.9 Å². The summed E-state index contributed by atoms with van der Waals surface area (Å²) < 4.78 is 12.9. The molecule has 4 aromatic rings. The lowest BCUT2D eigenvalue weighted by Gasteiger charge is -2.36. The molecule has 11 heteroatoms. The van der Waals surface area contributed by atoms with E-state index >= 15 is 0 Å². The van der Waals surface area contributed by atoms with Crippen LogP contribution in [0.4, 0.5) is 17.1 Å². The van der Waals surface area contributed by atoms with Crippen LogP contribution < -0.4 is 21.7 Å². The maximum atomic E-state index is 12.5. The summed E-state index contributed by atoms with van der Waals surface area (Å²) in [6, 6.07) is 30.5. The van der Waals surface area contributed by atoms with Gasteiger partial charge in [0.15, 0.2) is 6.29 Å². The summed E-state index contributed by atoms with van der Waals surface area (Å²) in [6.45, 7) is 1.86. The van der Waals surface area contributed by atoms with Crippen LogP contribution in [-0.2, 0) is 37.0 Å². The number of nitrogens with one attached hydrogen (secondary N) is 3. The first-order valence-electron chi connectivity index (χ1n) is 16.8. The Morgan fingerprint density at radius 3 is 2.14 bits per heavy atom. The average Bonchev–Trinajstić information content (AvgIpc) is 3.13. The number of nitrogens with two attached hydrogens (primary N) is 1. The molecule has 3 atom stereocenters. The van der Waals surface area contributed by atoms with Gasteiger partial charge in [-0.25, -0.2) is 0 Å². The van der Waals surface area contributed by atoms with Gasteiger partial charge < -0.3 is 36.3 Å². The zero-order chi connectivity index (χ0) is 35.3. The van der Waals surface area contributed by atoms with E-state index in [1.54, 1.807) is 23.9 Å². The fourth-order valence-electron chi connectivity index (χ4n) is 5.53. The number of ether oxygens (including phenoxy) is 2. The minimum atomic E-state index is -0.585. The molecular weight excluding hydrogens is 653 g/mol. The highest BCUT2D eigenvalue weighted by Crippen LogP contribution is 2.39. The summed E-state index contributed by atoms with van der Waals surface area (Å²) in [5.74, 6) is 0.408. The maximum Gasteiger partial charge on any atom is 0.224 e. The number of carbonyl (C=O) groups is 3. The third-order valence-corrected chi connectivity index (χ3v) is 9.40. The van der Waals surface area contributed by atoms with E-state index in [0.29, 0.717) is 55.8 Å². The number of benzene rings is 4. The largest absolute Gasteiger partial charge is 0.397 e. The lowest BCUT2D eigenvalue weighted by atomic mass is 10.0. The fraction of sp³-hybridized carbons (Fsp3) is 0.308. The van der Waals surface area contributed by atoms with Crippen LogP contribution >= 0.6 is 11.8 Å². The third kappa shape index (κ3) is 11.2. The van der Waals surface area contributed by atoms with Crippen molar-refractivity contribution in [2.45, 2.75) is 75.6 Å². The first-order valence-corrected chi connectivity index (χ1v) is 17.7. The molecule has 0 radical (unpaired) electrons. The number of hydrogen-bond donors (Lipinski definition) is 5. The summed E-state index contributed by atoms with van der Waals surface area (Å²) in [5, 5.41) is 18.1. The fourth-order valence-corrected chi connectivity index (χ4v) is 6.45. The molecule has 6 N–H and O–H groups in total. The number of para-hydroxylation sites is 2. The molecule has 1 aliphatic rings. The van der Waals surface area contributed by atoms with Crippen molar-refractivity contribution in [2.24, 2.45) is 0 Å². The van der Waals surface area contributed by atoms with E-state index < -0.39 is 6.29 Å². The topological polar surface area (TPSA) is 152 Å². The molecule has 0 spiro atoms. The SMILES string of the molecule is CC(=O)Nc1ccc(SC[C@H]2C[C@@H](c3ccc(CO)cc3)O[C@@H](c3ccc(CNC(=O)CCCCC(=O)Nc4ccccc4N)cc3)O2)cc1. The van der Waals surface area contributed by atoms with Crippen molar-refractivity contribution in [3.8, 4) is 0 Å². The summed E-state index contributed by atoms with van der Waals surface area (Å²) in [7, 11) is 0. The molecule has 4 aromatic carbocycles. The van der Waals surface area contributed by atoms with Crippen molar-refractivity contribution in [2.75, 3.05) is 22.1 Å². The maximum absolute atomic E-state index is 12.5. The molecular formula is C39H44N4O6S. The number of hydrogen-bond acceptors (Lipinski definition) is 8. The van der Waals surface area contributed by atoms with Crippen molar-refractivity contribution in [1.82, 2.24) is 5.32 Å². The molecule has 5 rings (SSSR count). The Morgan fingerprint density at radius 1 is 0.800 bits per heavy atom. The summed E-state index contributed by atoms with van der Waals surface area (Å²) in [6.07, 6.45) is 1.64. The first-order chi connectivity index (χ1) is 24.2. The van der Waals surface area contributed by atoms with Crippen LogP contribution in [0.3, 0.4) is 0 Å². The molecule has 0 aromatic heterocycles. The van der Waals surface area contributed by atoms with Crippen LogP contribution in [0.15, 0.2) is 102 Å². The molecule has 0 unspecified atom stereocenters. The average molecular weight is 697 g/mol. The Labute approximate surface area is 297 Å². The summed E-state index contributed by atoms with van der Waals surface area (Å²) in [4.78, 5) is 37.1. The lowest BCUT2D eigenvalue weighted by Crippen LogP contribution is -2.31. The Balaban J connectivity index is 1.12. The highest BCUT2D eigenvalue weighted by molar-refractivity contribution is 7.99. The summed E-state index contributed by atoms with van der Waals surface area (Å²) >= 11 is 1.68. The Kier molecular flexibility index (Phi) is 13.4. The molecule has 1 aliphatic heterocycles. The van der Waals surface area contributed by atoms with Gasteiger partial charge in [0.1, 0.15) is 0 Å². The highest BCUT2D eigenvalue weighted by Gasteiger charge is 2.32. The van der Waals surface area contributed by atoms with Gasteiger partial charge in [-0.1, -0.05) is 60.7 Å². The Hall–Kier alpha value is -4.68. The van der Waals surface area contributed by atoms with Crippen molar-refractivity contribution in [1.29, 1.82) is 0 Å². The van der Waals surface area contributed by atoms with Gasteiger partial charge in [-0.05, 0) is 65.9 Å². The Bertz CT molecular complexity index is 1720. The number of aliphatic hydroxyl groups is 1. The molecule has 1 fully saturated rings. The van der Waals surface area contributed by atoms with Gasteiger partial charge in [0.05, 0.1) is 30.2 Å². The Morgan fingerprint density at radius 2 is 1.46 bits per heavy atom. The smallest absolute Gasteiger partial charge is 0.224 e. The number of anilines is 3. The van der Waals surface area contributed by atoms with Crippen LogP contribution in [0.2, 0.25) is 0 Å². The van der Waals surface area contributed by atoms with Crippen molar-refractivity contribution in [3.05, 3.63) is 119 Å². The van der Waals surface area contributed by atoms with Crippen LogP contribution in [0.1, 0.15) is 73.7 Å². The predicted molar refractivity (Wildman–Crippen MR) is 196 cm³/mol. The molecule has 1 heterocycles.